The Morgan fingerprint density at radius 3 is 2.58 bits per heavy atom. The average Bonchev–Trinajstić information content (AvgIpc) is 2.02. The molecule has 0 aromatic carbocycles. The van der Waals surface area contributed by atoms with Crippen LogP contribution in [-0.2, 0) is 14.3 Å². The smallest absolute Gasteiger partial charge is 0.302 e. The highest BCUT2D eigenvalue weighted by atomic mass is 79.9. The molecular weight excluding hydrogens is 228 g/mol. The van der Waals surface area contributed by atoms with Gasteiger partial charge in [-0.2, -0.15) is 0 Å². The minimum atomic E-state index is -0.453. The molecule has 6 heteroatoms. The zero-order chi connectivity index (χ0) is 9.56. The van der Waals surface area contributed by atoms with E-state index in [1.54, 1.807) is 0 Å². The van der Waals surface area contributed by atoms with Crippen LogP contribution in [0.4, 0.5) is 0 Å². The summed E-state index contributed by atoms with van der Waals surface area (Å²) in [6.45, 7) is 1.29. The average molecular weight is 239 g/mol. The maximum atomic E-state index is 10.7. The number of ether oxygens (including phenoxy) is 1. The molecule has 0 aliphatic carbocycles. The molecule has 0 aliphatic rings. The summed E-state index contributed by atoms with van der Waals surface area (Å²) < 4.78 is 4.77. The fourth-order valence-corrected chi connectivity index (χ4v) is 0.989. The molecular formula is C6H11BrN2O3. The molecule has 0 rings (SSSR count). The van der Waals surface area contributed by atoms with Crippen LogP contribution in [0, 0.1) is 0 Å². The molecule has 70 valence electrons. The zero-order valence-electron chi connectivity index (χ0n) is 6.67. The fourth-order valence-electron chi connectivity index (χ4n) is 0.628. The van der Waals surface area contributed by atoms with Crippen molar-refractivity contribution >= 4 is 27.8 Å². The number of alkyl halides is 1. The van der Waals surface area contributed by atoms with Crippen molar-refractivity contribution in [2.75, 3.05) is 5.33 Å². The maximum absolute atomic E-state index is 10.7. The second kappa shape index (κ2) is 5.96. The third kappa shape index (κ3) is 5.09. The van der Waals surface area contributed by atoms with Gasteiger partial charge in [-0.05, 0) is 0 Å². The number of carbonyl (C=O) groups excluding carboxylic acids is 2. The van der Waals surface area contributed by atoms with E-state index in [9.17, 15) is 9.59 Å². The predicted molar refractivity (Wildman–Crippen MR) is 46.3 cm³/mol. The van der Waals surface area contributed by atoms with E-state index in [4.69, 9.17) is 10.6 Å². The predicted octanol–water partition coefficient (Wildman–Crippen LogP) is -0.307. The van der Waals surface area contributed by atoms with Crippen molar-refractivity contribution in [2.24, 2.45) is 5.84 Å². The molecule has 3 N–H and O–H groups in total. The summed E-state index contributed by atoms with van der Waals surface area (Å²) in [6.07, 6.45) is -0.382. The van der Waals surface area contributed by atoms with Gasteiger partial charge in [0.05, 0.1) is 6.42 Å². The van der Waals surface area contributed by atoms with Crippen molar-refractivity contribution in [3.05, 3.63) is 0 Å². The molecule has 0 saturated carbocycles. The number of nitrogens with two attached hydrogens (primary N) is 1. The lowest BCUT2D eigenvalue weighted by Gasteiger charge is -2.12. The molecule has 1 unspecified atom stereocenters. The molecule has 0 aromatic heterocycles. The van der Waals surface area contributed by atoms with Crippen molar-refractivity contribution in [1.82, 2.24) is 5.43 Å². The van der Waals surface area contributed by atoms with Crippen LogP contribution in [0.3, 0.4) is 0 Å². The van der Waals surface area contributed by atoms with Crippen molar-refractivity contribution < 1.29 is 14.3 Å². The summed E-state index contributed by atoms with van der Waals surface area (Å²) in [5.41, 5.74) is 1.95. The lowest BCUT2D eigenvalue weighted by Crippen LogP contribution is -2.34. The lowest BCUT2D eigenvalue weighted by molar-refractivity contribution is -0.146. The topological polar surface area (TPSA) is 81.4 Å². The lowest BCUT2D eigenvalue weighted by atomic mass is 10.3. The van der Waals surface area contributed by atoms with E-state index in [-0.39, 0.29) is 12.3 Å². The summed E-state index contributed by atoms with van der Waals surface area (Å²) in [4.78, 5) is 21.2. The van der Waals surface area contributed by atoms with E-state index in [0.717, 1.165) is 0 Å². The minimum Gasteiger partial charge on any atom is -0.461 e. The standard InChI is InChI=1S/C6H11BrN2O3/c1-4(10)12-5(3-7)2-6(11)9-8/h5H,2-3,8H2,1H3,(H,9,11). The van der Waals surface area contributed by atoms with Gasteiger partial charge in [0.25, 0.3) is 0 Å². The molecule has 1 amide bonds. The quantitative estimate of drug-likeness (QED) is 0.232. The van der Waals surface area contributed by atoms with E-state index in [0.29, 0.717) is 5.33 Å². The first-order chi connectivity index (χ1) is 5.60. The van der Waals surface area contributed by atoms with Gasteiger partial charge in [-0.15, -0.1) is 0 Å². The zero-order valence-corrected chi connectivity index (χ0v) is 8.26. The molecule has 1 atom stereocenters. The number of halogens is 1. The summed E-state index contributed by atoms with van der Waals surface area (Å²) >= 11 is 3.10. The molecule has 0 aliphatic heterocycles. The van der Waals surface area contributed by atoms with Gasteiger partial charge in [0.1, 0.15) is 6.10 Å². The largest absolute Gasteiger partial charge is 0.461 e. The van der Waals surface area contributed by atoms with Gasteiger partial charge in [0.2, 0.25) is 5.91 Å². The van der Waals surface area contributed by atoms with Crippen molar-refractivity contribution in [3.8, 4) is 0 Å². The molecule has 0 aromatic rings. The Hall–Kier alpha value is -0.620. The third-order valence-corrected chi connectivity index (χ3v) is 1.80. The molecule has 12 heavy (non-hydrogen) atoms. The van der Waals surface area contributed by atoms with Gasteiger partial charge in [-0.3, -0.25) is 15.0 Å². The summed E-state index contributed by atoms with van der Waals surface area (Å²) in [5.74, 6) is 4.08. The number of amides is 1. The molecule has 0 heterocycles. The van der Waals surface area contributed by atoms with Crippen molar-refractivity contribution in [1.29, 1.82) is 0 Å². The minimum absolute atomic E-state index is 0.0708. The highest BCUT2D eigenvalue weighted by Gasteiger charge is 2.14. The Labute approximate surface area is 78.7 Å². The second-order valence-corrected chi connectivity index (χ2v) is 2.80. The van der Waals surface area contributed by atoms with Crippen LogP contribution in [0.2, 0.25) is 0 Å². The molecule has 0 fully saturated rings. The maximum Gasteiger partial charge on any atom is 0.302 e. The van der Waals surface area contributed by atoms with Gasteiger partial charge < -0.3 is 4.74 Å². The van der Waals surface area contributed by atoms with Crippen LogP contribution in [0.1, 0.15) is 13.3 Å². The van der Waals surface area contributed by atoms with Crippen LogP contribution in [0.25, 0.3) is 0 Å². The summed E-state index contributed by atoms with van der Waals surface area (Å²) in [7, 11) is 0. The number of hydrogen-bond donors (Lipinski definition) is 2. The molecule has 5 nitrogen and oxygen atoms in total. The van der Waals surface area contributed by atoms with E-state index in [1.807, 2.05) is 5.43 Å². The highest BCUT2D eigenvalue weighted by molar-refractivity contribution is 9.09. The van der Waals surface area contributed by atoms with Crippen LogP contribution in [-0.4, -0.2) is 23.3 Å². The number of rotatable bonds is 4. The number of hydrazine groups is 1. The third-order valence-electron chi connectivity index (χ3n) is 1.08. The van der Waals surface area contributed by atoms with Crippen LogP contribution in [0.5, 0.6) is 0 Å². The van der Waals surface area contributed by atoms with Crippen LogP contribution >= 0.6 is 15.9 Å². The van der Waals surface area contributed by atoms with E-state index >= 15 is 0 Å². The van der Waals surface area contributed by atoms with Gasteiger partial charge in [-0.25, -0.2) is 5.84 Å². The van der Waals surface area contributed by atoms with E-state index < -0.39 is 12.1 Å². The van der Waals surface area contributed by atoms with Gasteiger partial charge in [0.15, 0.2) is 0 Å². The first kappa shape index (κ1) is 11.4. The molecule has 0 radical (unpaired) electrons. The molecule has 0 saturated heterocycles. The van der Waals surface area contributed by atoms with Crippen LogP contribution in [0.15, 0.2) is 0 Å². The fraction of sp³-hybridized carbons (Fsp3) is 0.667. The summed E-state index contributed by atoms with van der Waals surface area (Å²) in [5, 5.41) is 0.417. The molecule has 0 bridgehead atoms. The number of esters is 1. The Bertz CT molecular complexity index is 174. The normalized spacial score (nSPS) is 11.9. The number of nitrogens with one attached hydrogen (secondary N) is 1. The van der Waals surface area contributed by atoms with Crippen molar-refractivity contribution in [2.45, 2.75) is 19.4 Å². The first-order valence-electron chi connectivity index (χ1n) is 3.32. The monoisotopic (exact) mass is 238 g/mol. The molecule has 0 spiro atoms. The van der Waals surface area contributed by atoms with Gasteiger partial charge in [-0.1, -0.05) is 15.9 Å². The highest BCUT2D eigenvalue weighted by Crippen LogP contribution is 2.02. The first-order valence-corrected chi connectivity index (χ1v) is 4.45. The summed E-state index contributed by atoms with van der Waals surface area (Å²) in [6, 6.07) is 0. The Balaban J connectivity index is 3.82. The Kier molecular flexibility index (Phi) is 5.65. The van der Waals surface area contributed by atoms with Crippen molar-refractivity contribution in [3.63, 3.8) is 0 Å². The van der Waals surface area contributed by atoms with Gasteiger partial charge in [0, 0.05) is 12.3 Å². The van der Waals surface area contributed by atoms with Gasteiger partial charge >= 0.3 is 5.97 Å². The second-order valence-electron chi connectivity index (χ2n) is 2.16. The number of carbonyl (C=O) groups is 2. The van der Waals surface area contributed by atoms with Crippen LogP contribution < -0.4 is 11.3 Å². The number of hydrogen-bond acceptors (Lipinski definition) is 4. The SMILES string of the molecule is CC(=O)OC(CBr)CC(=O)NN. The Morgan fingerprint density at radius 2 is 2.25 bits per heavy atom. The van der Waals surface area contributed by atoms with E-state index in [1.165, 1.54) is 6.92 Å². The Morgan fingerprint density at radius 1 is 1.67 bits per heavy atom. The van der Waals surface area contributed by atoms with E-state index in [2.05, 4.69) is 15.9 Å².